The van der Waals surface area contributed by atoms with E-state index in [0.717, 1.165) is 90.1 Å². The summed E-state index contributed by atoms with van der Waals surface area (Å²) in [5, 5.41) is 13.4. The van der Waals surface area contributed by atoms with Gasteiger partial charge >= 0.3 is 0 Å². The minimum absolute atomic E-state index is 0.0548. The van der Waals surface area contributed by atoms with Gasteiger partial charge in [0.05, 0.1) is 28.6 Å². The first-order chi connectivity index (χ1) is 26.8. The molecule has 2 atom stereocenters. The van der Waals surface area contributed by atoms with Crippen molar-refractivity contribution in [3.8, 4) is 0 Å². The predicted octanol–water partition coefficient (Wildman–Crippen LogP) is 10.1. The molecule has 11 rings (SSSR count). The Balaban J connectivity index is 1.36. The number of aromatic nitrogens is 4. The van der Waals surface area contributed by atoms with Crippen LogP contribution in [0.25, 0.3) is 38.3 Å². The number of aryl methyl sites for hydroxylation is 1. The molecule has 2 aliphatic heterocycles. The van der Waals surface area contributed by atoms with Crippen molar-refractivity contribution in [2.24, 2.45) is 0 Å². The number of nitrogens with one attached hydrogen (secondary N) is 2. The van der Waals surface area contributed by atoms with Gasteiger partial charge in [-0.3, -0.25) is 10.1 Å². The van der Waals surface area contributed by atoms with E-state index in [4.69, 9.17) is 10.1 Å². The topological polar surface area (TPSA) is 67.1 Å². The zero-order valence-corrected chi connectivity index (χ0v) is 30.1. The van der Waals surface area contributed by atoms with Gasteiger partial charge in [0.2, 0.25) is 5.66 Å². The van der Waals surface area contributed by atoms with Crippen molar-refractivity contribution in [2.75, 3.05) is 18.0 Å². The summed E-state index contributed by atoms with van der Waals surface area (Å²) in [4.78, 5) is 17.5. The highest BCUT2D eigenvalue weighted by Crippen LogP contribution is 2.60. The smallest absolute Gasteiger partial charge is 0.204 e. The largest absolute Gasteiger partial charge is 0.356 e. The standard InChI is InChI=1S/C47H41N7/c1-4-20-35-32(15-1)18-13-25-40(35)53-45(44-37-22-6-8-24-39(37)50-51-44)46(52-29-11-12-30-52)54(41-26-14-19-33-16-2-5-21-36(33)41)47(53,42-27-9-10-28-48-42)43-31-34-17-3-7-23-38(34)49-43/h1-10,13,15-18,20-25,27-28,31,41,49H,11-12,14,19,26,29-30H2,(H,50,51). The highest BCUT2D eigenvalue weighted by Gasteiger charge is 2.61. The fourth-order valence-corrected chi connectivity index (χ4v) is 9.75. The van der Waals surface area contributed by atoms with E-state index in [1.54, 1.807) is 0 Å². The molecule has 1 aliphatic carbocycles. The van der Waals surface area contributed by atoms with Crippen LogP contribution >= 0.6 is 0 Å². The van der Waals surface area contributed by atoms with E-state index in [1.165, 1.54) is 33.1 Å². The molecule has 0 bridgehead atoms. The number of nitrogens with zero attached hydrogens (tertiary/aromatic N) is 5. The third kappa shape index (κ3) is 4.54. The van der Waals surface area contributed by atoms with Crippen molar-refractivity contribution in [3.05, 3.63) is 180 Å². The molecule has 5 heterocycles. The number of aromatic amines is 2. The summed E-state index contributed by atoms with van der Waals surface area (Å²) in [6.07, 6.45) is 7.45. The lowest BCUT2D eigenvalue weighted by Gasteiger charge is -2.51. The highest BCUT2D eigenvalue weighted by atomic mass is 15.6. The molecular weight excluding hydrogens is 663 g/mol. The average molecular weight is 704 g/mol. The Morgan fingerprint density at radius 1 is 0.667 bits per heavy atom. The SMILES string of the molecule is c1ccc(C2(c3cc4ccccc4[nH]3)N(c3cccc4ccccc34)C(c3n[nH]c4ccccc34)=C(N3CCCC3)N2C2CCCc3ccccc32)nc1. The molecule has 0 radical (unpaired) electrons. The van der Waals surface area contributed by atoms with Gasteiger partial charge in [-0.1, -0.05) is 103 Å². The molecule has 1 saturated heterocycles. The maximum absolute atomic E-state index is 5.40. The number of benzene rings is 5. The Kier molecular flexibility index (Phi) is 7.15. The van der Waals surface area contributed by atoms with E-state index in [2.05, 4.69) is 158 Å². The Bertz CT molecular complexity index is 2660. The summed E-state index contributed by atoms with van der Waals surface area (Å²) in [7, 11) is 0. The lowest BCUT2D eigenvalue weighted by Crippen LogP contribution is -2.56. The molecule has 5 aromatic carbocycles. The van der Waals surface area contributed by atoms with Crippen LogP contribution in [0.3, 0.4) is 0 Å². The van der Waals surface area contributed by atoms with Gasteiger partial charge in [-0.15, -0.1) is 0 Å². The monoisotopic (exact) mass is 703 g/mol. The number of para-hydroxylation sites is 2. The lowest BCUT2D eigenvalue weighted by atomic mass is 9.84. The first-order valence-electron chi connectivity index (χ1n) is 19.4. The minimum atomic E-state index is -0.952. The second-order valence-electron chi connectivity index (χ2n) is 15.0. The van der Waals surface area contributed by atoms with Crippen molar-refractivity contribution in [3.63, 3.8) is 0 Å². The van der Waals surface area contributed by atoms with Crippen LogP contribution in [0, 0.1) is 0 Å². The molecule has 264 valence electrons. The molecular formula is C47H41N7. The molecule has 7 heteroatoms. The first kappa shape index (κ1) is 31.2. The molecule has 0 saturated carbocycles. The third-order valence-electron chi connectivity index (χ3n) is 12.0. The van der Waals surface area contributed by atoms with E-state index in [0.29, 0.717) is 0 Å². The minimum Gasteiger partial charge on any atom is -0.356 e. The van der Waals surface area contributed by atoms with Crippen LogP contribution in [0.5, 0.6) is 0 Å². The van der Waals surface area contributed by atoms with Crippen molar-refractivity contribution in [1.82, 2.24) is 30.0 Å². The summed E-state index contributed by atoms with van der Waals surface area (Å²) >= 11 is 0. The summed E-state index contributed by atoms with van der Waals surface area (Å²) in [5.41, 5.74) is 9.18. The predicted molar refractivity (Wildman–Crippen MR) is 218 cm³/mol. The molecule has 0 amide bonds. The maximum atomic E-state index is 5.40. The molecule has 54 heavy (non-hydrogen) atoms. The van der Waals surface area contributed by atoms with E-state index in [1.807, 2.05) is 12.3 Å². The summed E-state index contributed by atoms with van der Waals surface area (Å²) in [6.45, 7) is 1.95. The first-order valence-corrected chi connectivity index (χ1v) is 19.4. The van der Waals surface area contributed by atoms with Gasteiger partial charge in [0.15, 0.2) is 0 Å². The fraction of sp³-hybridized carbons (Fsp3) is 0.191. The van der Waals surface area contributed by atoms with Gasteiger partial charge < -0.3 is 19.7 Å². The normalized spacial score (nSPS) is 20.1. The molecule has 1 fully saturated rings. The lowest BCUT2D eigenvalue weighted by molar-refractivity contribution is 0.0800. The zero-order chi connectivity index (χ0) is 35.6. The summed E-state index contributed by atoms with van der Waals surface area (Å²) in [5.74, 6) is 1.21. The fourth-order valence-electron chi connectivity index (χ4n) is 9.75. The van der Waals surface area contributed by atoms with Crippen LogP contribution in [-0.4, -0.2) is 43.1 Å². The Hall–Kier alpha value is -6.34. The van der Waals surface area contributed by atoms with Crippen LogP contribution in [-0.2, 0) is 12.1 Å². The van der Waals surface area contributed by atoms with Crippen LogP contribution < -0.4 is 4.90 Å². The molecule has 7 nitrogen and oxygen atoms in total. The van der Waals surface area contributed by atoms with Gasteiger partial charge in [-0.2, -0.15) is 5.10 Å². The number of likely N-dealkylation sites (tertiary alicyclic amines) is 1. The Morgan fingerprint density at radius 3 is 2.26 bits per heavy atom. The zero-order valence-electron chi connectivity index (χ0n) is 30.1. The second kappa shape index (κ2) is 12.4. The van der Waals surface area contributed by atoms with E-state index in [9.17, 15) is 0 Å². The summed E-state index contributed by atoms with van der Waals surface area (Å²) < 4.78 is 0. The van der Waals surface area contributed by atoms with Crippen molar-refractivity contribution < 1.29 is 0 Å². The second-order valence-corrected chi connectivity index (χ2v) is 15.0. The Labute approximate surface area is 314 Å². The Morgan fingerprint density at radius 2 is 1.41 bits per heavy atom. The molecule has 3 aromatic heterocycles. The van der Waals surface area contributed by atoms with Crippen LogP contribution in [0.2, 0.25) is 0 Å². The van der Waals surface area contributed by atoms with E-state index < -0.39 is 5.66 Å². The van der Waals surface area contributed by atoms with Gasteiger partial charge in [-0.25, -0.2) is 0 Å². The number of rotatable bonds is 6. The number of hydrogen-bond acceptors (Lipinski definition) is 5. The van der Waals surface area contributed by atoms with Crippen LogP contribution in [0.15, 0.2) is 152 Å². The molecule has 2 N–H and O–H groups in total. The van der Waals surface area contributed by atoms with E-state index >= 15 is 0 Å². The molecule has 3 aliphatic rings. The van der Waals surface area contributed by atoms with Crippen LogP contribution in [0.1, 0.15) is 59.9 Å². The quantitative estimate of drug-likeness (QED) is 0.181. The number of fused-ring (bicyclic) bond motifs is 4. The summed E-state index contributed by atoms with van der Waals surface area (Å²) in [6, 6.07) is 50.8. The van der Waals surface area contributed by atoms with Crippen LogP contribution in [0.4, 0.5) is 5.69 Å². The molecule has 0 spiro atoms. The molecule has 2 unspecified atom stereocenters. The maximum Gasteiger partial charge on any atom is 0.204 e. The molecule has 8 aromatic rings. The third-order valence-corrected chi connectivity index (χ3v) is 12.0. The van der Waals surface area contributed by atoms with Gasteiger partial charge in [0.25, 0.3) is 0 Å². The highest BCUT2D eigenvalue weighted by molar-refractivity contribution is 6.04. The average Bonchev–Trinajstić information content (AvgIpc) is 4.05. The van der Waals surface area contributed by atoms with Crippen molar-refractivity contribution >= 4 is 44.0 Å². The number of hydrogen-bond donors (Lipinski definition) is 2. The number of anilines is 1. The van der Waals surface area contributed by atoms with Crippen molar-refractivity contribution in [2.45, 2.75) is 43.8 Å². The van der Waals surface area contributed by atoms with Gasteiger partial charge in [0.1, 0.15) is 17.2 Å². The number of H-pyrrole nitrogens is 2. The number of pyridine rings is 1. The van der Waals surface area contributed by atoms with Gasteiger partial charge in [0, 0.05) is 35.6 Å². The van der Waals surface area contributed by atoms with E-state index in [-0.39, 0.29) is 6.04 Å². The van der Waals surface area contributed by atoms with Gasteiger partial charge in [-0.05, 0) is 90.4 Å². The van der Waals surface area contributed by atoms with Crippen molar-refractivity contribution in [1.29, 1.82) is 0 Å².